The van der Waals surface area contributed by atoms with E-state index < -0.39 is 0 Å². The first-order chi connectivity index (χ1) is 9.67. The average Bonchev–Trinajstić information content (AvgIpc) is 3.08. The fraction of sp³-hybridized carbons (Fsp3) is 0.467. The molecular weight excluding hydrogens is 256 g/mol. The number of nitrogens with zero attached hydrogens (tertiary/aromatic N) is 1. The summed E-state index contributed by atoms with van der Waals surface area (Å²) in [6, 6.07) is 3.60. The number of nitrogens with one attached hydrogen (secondary N) is 1. The van der Waals surface area contributed by atoms with E-state index in [0.717, 1.165) is 32.5 Å². The van der Waals surface area contributed by atoms with Crippen molar-refractivity contribution >= 4 is 17.9 Å². The summed E-state index contributed by atoms with van der Waals surface area (Å²) in [5.74, 6) is 0.827. The smallest absolute Gasteiger partial charge is 0.246 e. The van der Waals surface area contributed by atoms with Gasteiger partial charge in [0.2, 0.25) is 11.8 Å². The third-order valence-corrected chi connectivity index (χ3v) is 4.27. The van der Waals surface area contributed by atoms with E-state index in [9.17, 15) is 9.59 Å². The SMILES string of the molecule is O=C1CC2(CCN(C(=O)C=Cc3ccco3)CC2)CN1. The van der Waals surface area contributed by atoms with Crippen LogP contribution in [0.5, 0.6) is 0 Å². The molecule has 0 atom stereocenters. The molecule has 1 spiro atoms. The van der Waals surface area contributed by atoms with E-state index >= 15 is 0 Å². The predicted octanol–water partition coefficient (Wildman–Crippen LogP) is 1.42. The monoisotopic (exact) mass is 274 g/mol. The van der Waals surface area contributed by atoms with Crippen LogP contribution in [0.2, 0.25) is 0 Å². The van der Waals surface area contributed by atoms with Crippen molar-refractivity contribution in [1.82, 2.24) is 10.2 Å². The zero-order valence-corrected chi connectivity index (χ0v) is 11.3. The summed E-state index contributed by atoms with van der Waals surface area (Å²) in [4.78, 5) is 25.3. The maximum Gasteiger partial charge on any atom is 0.246 e. The van der Waals surface area contributed by atoms with Crippen molar-refractivity contribution in [3.8, 4) is 0 Å². The minimum absolute atomic E-state index is 0.00790. The molecule has 1 aromatic rings. The molecule has 0 aliphatic carbocycles. The van der Waals surface area contributed by atoms with E-state index in [-0.39, 0.29) is 17.2 Å². The summed E-state index contributed by atoms with van der Waals surface area (Å²) in [5.41, 5.74) is 0.0819. The van der Waals surface area contributed by atoms with Gasteiger partial charge in [0.25, 0.3) is 0 Å². The summed E-state index contributed by atoms with van der Waals surface area (Å²) in [7, 11) is 0. The third kappa shape index (κ3) is 2.61. The summed E-state index contributed by atoms with van der Waals surface area (Å²) in [6.45, 7) is 2.20. The van der Waals surface area contributed by atoms with Gasteiger partial charge in [0, 0.05) is 32.1 Å². The summed E-state index contributed by atoms with van der Waals surface area (Å²) >= 11 is 0. The van der Waals surface area contributed by atoms with Gasteiger partial charge in [-0.05, 0) is 36.5 Å². The first-order valence-corrected chi connectivity index (χ1v) is 6.94. The quantitative estimate of drug-likeness (QED) is 0.830. The molecule has 5 nitrogen and oxygen atoms in total. The number of furan rings is 1. The van der Waals surface area contributed by atoms with Gasteiger partial charge >= 0.3 is 0 Å². The molecule has 0 unspecified atom stereocenters. The number of hydrogen-bond donors (Lipinski definition) is 1. The fourth-order valence-electron chi connectivity index (χ4n) is 2.95. The molecule has 0 aromatic carbocycles. The van der Waals surface area contributed by atoms with Crippen LogP contribution in [0.25, 0.3) is 6.08 Å². The van der Waals surface area contributed by atoms with E-state index in [2.05, 4.69) is 5.32 Å². The standard InChI is InChI=1S/C15H18N2O3/c18-13-10-15(11-16-13)5-7-17(8-6-15)14(19)4-3-12-2-1-9-20-12/h1-4,9H,5-8,10-11H2,(H,16,18). The van der Waals surface area contributed by atoms with Crippen molar-refractivity contribution in [1.29, 1.82) is 0 Å². The maximum atomic E-state index is 12.1. The molecule has 2 aliphatic rings. The molecule has 1 N–H and O–H groups in total. The van der Waals surface area contributed by atoms with Gasteiger partial charge in [0.05, 0.1) is 6.26 Å². The van der Waals surface area contributed by atoms with Gasteiger partial charge in [-0.25, -0.2) is 0 Å². The Hall–Kier alpha value is -2.04. The van der Waals surface area contributed by atoms with Crippen molar-refractivity contribution in [3.63, 3.8) is 0 Å². The molecule has 0 radical (unpaired) electrons. The van der Waals surface area contributed by atoms with Crippen LogP contribution in [0.3, 0.4) is 0 Å². The molecule has 1 aromatic heterocycles. The highest BCUT2D eigenvalue weighted by Crippen LogP contribution is 2.37. The Bertz CT molecular complexity index is 525. The summed E-state index contributed by atoms with van der Waals surface area (Å²) in [6.07, 6.45) is 7.22. The first kappa shape index (κ1) is 13.0. The van der Waals surface area contributed by atoms with E-state index in [0.29, 0.717) is 12.2 Å². The third-order valence-electron chi connectivity index (χ3n) is 4.27. The normalized spacial score (nSPS) is 21.6. The Labute approximate surface area is 117 Å². The lowest BCUT2D eigenvalue weighted by Crippen LogP contribution is -2.43. The molecule has 20 heavy (non-hydrogen) atoms. The summed E-state index contributed by atoms with van der Waals surface area (Å²) in [5, 5.41) is 2.90. The molecule has 0 saturated carbocycles. The van der Waals surface area contributed by atoms with Crippen molar-refractivity contribution in [3.05, 3.63) is 30.2 Å². The molecule has 2 saturated heterocycles. The van der Waals surface area contributed by atoms with E-state index in [1.807, 2.05) is 11.0 Å². The molecule has 2 aliphatic heterocycles. The highest BCUT2D eigenvalue weighted by atomic mass is 16.3. The van der Waals surface area contributed by atoms with Crippen molar-refractivity contribution < 1.29 is 14.0 Å². The number of amides is 2. The first-order valence-electron chi connectivity index (χ1n) is 6.94. The van der Waals surface area contributed by atoms with Crippen LogP contribution in [0, 0.1) is 5.41 Å². The van der Waals surface area contributed by atoms with Crippen LogP contribution in [0.1, 0.15) is 25.0 Å². The minimum atomic E-state index is 0.00790. The Balaban J connectivity index is 1.55. The molecule has 2 fully saturated rings. The largest absolute Gasteiger partial charge is 0.465 e. The second-order valence-corrected chi connectivity index (χ2v) is 5.63. The molecular formula is C15H18N2O3. The lowest BCUT2D eigenvalue weighted by molar-refractivity contribution is -0.128. The van der Waals surface area contributed by atoms with Gasteiger partial charge in [-0.15, -0.1) is 0 Å². The number of carbonyl (C=O) groups is 2. The van der Waals surface area contributed by atoms with Crippen LogP contribution in [0.15, 0.2) is 28.9 Å². The molecule has 5 heteroatoms. The number of piperidine rings is 1. The van der Waals surface area contributed by atoms with Gasteiger partial charge in [-0.2, -0.15) is 0 Å². The molecule has 3 heterocycles. The minimum Gasteiger partial charge on any atom is -0.465 e. The number of carbonyl (C=O) groups excluding carboxylic acids is 2. The second kappa shape index (κ2) is 5.15. The highest BCUT2D eigenvalue weighted by molar-refractivity contribution is 5.91. The Morgan fingerprint density at radius 2 is 2.20 bits per heavy atom. The summed E-state index contributed by atoms with van der Waals surface area (Å²) < 4.78 is 5.16. The number of hydrogen-bond acceptors (Lipinski definition) is 3. The van der Waals surface area contributed by atoms with Crippen LogP contribution in [0.4, 0.5) is 0 Å². The van der Waals surface area contributed by atoms with Crippen LogP contribution in [-0.2, 0) is 9.59 Å². The average molecular weight is 274 g/mol. The fourth-order valence-corrected chi connectivity index (χ4v) is 2.95. The van der Waals surface area contributed by atoms with E-state index in [1.54, 1.807) is 24.5 Å². The molecule has 0 bridgehead atoms. The van der Waals surface area contributed by atoms with E-state index in [4.69, 9.17) is 4.42 Å². The Kier molecular flexibility index (Phi) is 3.34. The van der Waals surface area contributed by atoms with Crippen molar-refractivity contribution in [2.45, 2.75) is 19.3 Å². The molecule has 2 amide bonds. The number of rotatable bonds is 2. The predicted molar refractivity (Wildman–Crippen MR) is 73.6 cm³/mol. The lowest BCUT2D eigenvalue weighted by atomic mass is 9.77. The van der Waals surface area contributed by atoms with Gasteiger partial charge in [0.1, 0.15) is 5.76 Å². The zero-order valence-electron chi connectivity index (χ0n) is 11.3. The van der Waals surface area contributed by atoms with Gasteiger partial charge in [-0.3, -0.25) is 9.59 Å². The number of likely N-dealkylation sites (tertiary alicyclic amines) is 1. The zero-order chi connectivity index (χ0) is 14.0. The topological polar surface area (TPSA) is 62.6 Å². The van der Waals surface area contributed by atoms with Crippen LogP contribution in [-0.4, -0.2) is 36.3 Å². The van der Waals surface area contributed by atoms with Gasteiger partial charge in [0.15, 0.2) is 0 Å². The second-order valence-electron chi connectivity index (χ2n) is 5.63. The Morgan fingerprint density at radius 3 is 2.80 bits per heavy atom. The van der Waals surface area contributed by atoms with Gasteiger partial charge in [-0.1, -0.05) is 0 Å². The van der Waals surface area contributed by atoms with Crippen LogP contribution >= 0.6 is 0 Å². The van der Waals surface area contributed by atoms with Crippen molar-refractivity contribution in [2.24, 2.45) is 5.41 Å². The van der Waals surface area contributed by atoms with E-state index in [1.165, 1.54) is 0 Å². The highest BCUT2D eigenvalue weighted by Gasteiger charge is 2.41. The Morgan fingerprint density at radius 1 is 1.40 bits per heavy atom. The molecule has 106 valence electrons. The lowest BCUT2D eigenvalue weighted by Gasteiger charge is -2.37. The maximum absolute atomic E-state index is 12.1. The van der Waals surface area contributed by atoms with Crippen molar-refractivity contribution in [2.75, 3.05) is 19.6 Å². The van der Waals surface area contributed by atoms with Gasteiger partial charge < -0.3 is 14.6 Å². The van der Waals surface area contributed by atoms with Crippen LogP contribution < -0.4 is 5.32 Å². The molecule has 3 rings (SSSR count).